The number of sulfonamides is 1. The number of nitrogens with zero attached hydrogens (tertiary/aromatic N) is 2. The highest BCUT2D eigenvalue weighted by atomic mass is 35.5. The van der Waals surface area contributed by atoms with Gasteiger partial charge < -0.3 is 9.64 Å². The number of amides is 1. The second kappa shape index (κ2) is 9.41. The Morgan fingerprint density at radius 1 is 1.23 bits per heavy atom. The normalized spacial score (nSPS) is 15.7. The average molecular weight is 478 g/mol. The van der Waals surface area contributed by atoms with Crippen LogP contribution in [0.4, 0.5) is 13.2 Å². The molecule has 0 atom stereocenters. The summed E-state index contributed by atoms with van der Waals surface area (Å²) in [6.07, 6.45) is -2.62. The SMILES string of the molecule is O=C(c1cnc(OCC(F)(F)F)c(Cl)c1)N1CCC(NS(=O)(=O)c2ccccc2)CC1. The van der Waals surface area contributed by atoms with Crippen molar-refractivity contribution < 1.29 is 31.1 Å². The molecule has 2 aromatic rings. The zero-order valence-corrected chi connectivity index (χ0v) is 17.7. The van der Waals surface area contributed by atoms with Gasteiger partial charge in [-0.25, -0.2) is 18.1 Å². The molecule has 1 aromatic heterocycles. The molecule has 0 spiro atoms. The standard InChI is InChI=1S/C19H19ClF3N3O4S/c20-16-10-13(11-24-17(16)30-12-19(21,22)23)18(27)26-8-6-14(7-9-26)25-31(28,29)15-4-2-1-3-5-15/h1-5,10-11,14,25H,6-9,12H2. The van der Waals surface area contributed by atoms with Crippen molar-refractivity contribution in [3.05, 3.63) is 53.2 Å². The molecule has 1 aliphatic heterocycles. The topological polar surface area (TPSA) is 88.6 Å². The van der Waals surface area contributed by atoms with Gasteiger partial charge in [-0.1, -0.05) is 29.8 Å². The van der Waals surface area contributed by atoms with Crippen molar-refractivity contribution in [1.29, 1.82) is 0 Å². The van der Waals surface area contributed by atoms with Gasteiger partial charge in [0.15, 0.2) is 6.61 Å². The molecule has 0 bridgehead atoms. The molecule has 31 heavy (non-hydrogen) atoms. The third-order valence-corrected chi connectivity index (χ3v) is 6.39. The van der Waals surface area contributed by atoms with E-state index in [1.54, 1.807) is 18.2 Å². The molecule has 12 heteroatoms. The molecule has 0 aliphatic carbocycles. The highest BCUT2D eigenvalue weighted by Gasteiger charge is 2.30. The molecule has 2 heterocycles. The molecule has 7 nitrogen and oxygen atoms in total. The second-order valence-corrected chi connectivity index (χ2v) is 9.04. The maximum absolute atomic E-state index is 12.7. The Morgan fingerprint density at radius 3 is 2.45 bits per heavy atom. The number of alkyl halides is 3. The van der Waals surface area contributed by atoms with Gasteiger partial charge in [-0.05, 0) is 31.0 Å². The minimum atomic E-state index is -4.54. The van der Waals surface area contributed by atoms with Crippen LogP contribution in [-0.2, 0) is 10.0 Å². The highest BCUT2D eigenvalue weighted by Crippen LogP contribution is 2.26. The van der Waals surface area contributed by atoms with Crippen molar-refractivity contribution in [1.82, 2.24) is 14.6 Å². The van der Waals surface area contributed by atoms with Crippen LogP contribution in [0, 0.1) is 0 Å². The molecule has 1 saturated heterocycles. The summed E-state index contributed by atoms with van der Waals surface area (Å²) in [4.78, 5) is 18.0. The largest absolute Gasteiger partial charge is 0.467 e. The van der Waals surface area contributed by atoms with E-state index in [9.17, 15) is 26.4 Å². The predicted molar refractivity (Wildman–Crippen MR) is 106 cm³/mol. The minimum absolute atomic E-state index is 0.104. The monoisotopic (exact) mass is 477 g/mol. The molecule has 168 valence electrons. The molecule has 0 unspecified atom stereocenters. The first kappa shape index (κ1) is 23.3. The van der Waals surface area contributed by atoms with Gasteiger partial charge in [0.2, 0.25) is 15.9 Å². The molecule has 1 aliphatic rings. The number of halogens is 4. The first-order chi connectivity index (χ1) is 14.5. The third-order valence-electron chi connectivity index (χ3n) is 4.58. The zero-order valence-electron chi connectivity index (χ0n) is 16.1. The Kier molecular flexibility index (Phi) is 7.07. The van der Waals surface area contributed by atoms with Crippen LogP contribution in [0.3, 0.4) is 0 Å². The van der Waals surface area contributed by atoms with Gasteiger partial charge >= 0.3 is 6.18 Å². The van der Waals surface area contributed by atoms with Gasteiger partial charge in [0, 0.05) is 25.3 Å². The fourth-order valence-electron chi connectivity index (χ4n) is 3.07. The van der Waals surface area contributed by atoms with Crippen LogP contribution in [0.25, 0.3) is 0 Å². The fourth-order valence-corrected chi connectivity index (χ4v) is 4.62. The number of carbonyl (C=O) groups is 1. The Morgan fingerprint density at radius 2 is 1.87 bits per heavy atom. The Bertz CT molecular complexity index is 1030. The van der Waals surface area contributed by atoms with Gasteiger partial charge in [-0.3, -0.25) is 4.79 Å². The number of hydrogen-bond donors (Lipinski definition) is 1. The number of carbonyl (C=O) groups excluding carboxylic acids is 1. The van der Waals surface area contributed by atoms with Crippen LogP contribution >= 0.6 is 11.6 Å². The number of ether oxygens (including phenoxy) is 1. The number of aromatic nitrogens is 1. The molecule has 1 amide bonds. The van der Waals surface area contributed by atoms with Crippen LogP contribution in [-0.4, -0.2) is 56.1 Å². The Hall–Kier alpha value is -2.37. The van der Waals surface area contributed by atoms with Crippen molar-refractivity contribution in [3.8, 4) is 5.88 Å². The number of hydrogen-bond acceptors (Lipinski definition) is 5. The van der Waals surface area contributed by atoms with E-state index in [2.05, 4.69) is 14.4 Å². The number of piperidine rings is 1. The van der Waals surface area contributed by atoms with Crippen molar-refractivity contribution in [3.63, 3.8) is 0 Å². The Labute approximate surface area is 182 Å². The zero-order chi connectivity index (χ0) is 22.6. The maximum atomic E-state index is 12.7. The first-order valence-electron chi connectivity index (χ1n) is 9.27. The quantitative estimate of drug-likeness (QED) is 0.690. The van der Waals surface area contributed by atoms with E-state index >= 15 is 0 Å². The summed E-state index contributed by atoms with van der Waals surface area (Å²) in [6, 6.07) is 8.86. The van der Waals surface area contributed by atoms with E-state index < -0.39 is 34.6 Å². The first-order valence-corrected chi connectivity index (χ1v) is 11.1. The van der Waals surface area contributed by atoms with E-state index in [1.165, 1.54) is 23.1 Å². The number of rotatable bonds is 6. The minimum Gasteiger partial charge on any atom is -0.467 e. The van der Waals surface area contributed by atoms with Crippen molar-refractivity contribution in [2.45, 2.75) is 30.0 Å². The molecule has 0 radical (unpaired) electrons. The summed E-state index contributed by atoms with van der Waals surface area (Å²) in [6.45, 7) is -0.949. The third kappa shape index (κ3) is 6.31. The smallest absolute Gasteiger partial charge is 0.422 e. The predicted octanol–water partition coefficient (Wildman–Crippen LogP) is 3.26. The molecular weight excluding hydrogens is 459 g/mol. The highest BCUT2D eigenvalue weighted by molar-refractivity contribution is 7.89. The lowest BCUT2D eigenvalue weighted by atomic mass is 10.1. The molecule has 3 rings (SSSR count). The van der Waals surface area contributed by atoms with Crippen LogP contribution in [0.2, 0.25) is 5.02 Å². The summed E-state index contributed by atoms with van der Waals surface area (Å²) in [7, 11) is -3.65. The molecule has 0 saturated carbocycles. The van der Waals surface area contributed by atoms with Gasteiger partial charge in [0.05, 0.1) is 10.5 Å². The number of benzene rings is 1. The second-order valence-electron chi connectivity index (χ2n) is 6.92. The van der Waals surface area contributed by atoms with Gasteiger partial charge in [-0.15, -0.1) is 0 Å². The lowest BCUT2D eigenvalue weighted by Crippen LogP contribution is -2.46. The fraction of sp³-hybridized carbons (Fsp3) is 0.368. The molecule has 1 fully saturated rings. The molecule has 1 N–H and O–H groups in total. The van der Waals surface area contributed by atoms with Crippen molar-refractivity contribution >= 4 is 27.5 Å². The van der Waals surface area contributed by atoms with E-state index in [0.29, 0.717) is 25.9 Å². The summed E-state index contributed by atoms with van der Waals surface area (Å²) in [5.41, 5.74) is 0.104. The summed E-state index contributed by atoms with van der Waals surface area (Å²) < 4.78 is 68.8. The van der Waals surface area contributed by atoms with Gasteiger partial charge in [0.25, 0.3) is 5.91 Å². The van der Waals surface area contributed by atoms with Crippen LogP contribution < -0.4 is 9.46 Å². The van der Waals surface area contributed by atoms with Gasteiger partial charge in [0.1, 0.15) is 5.02 Å². The summed E-state index contributed by atoms with van der Waals surface area (Å²) in [5, 5.41) is -0.208. The summed E-state index contributed by atoms with van der Waals surface area (Å²) in [5.74, 6) is -0.814. The summed E-state index contributed by atoms with van der Waals surface area (Å²) >= 11 is 5.89. The lowest BCUT2D eigenvalue weighted by Gasteiger charge is -2.32. The number of nitrogens with one attached hydrogen (secondary N) is 1. The number of pyridine rings is 1. The van der Waals surface area contributed by atoms with Crippen LogP contribution in [0.15, 0.2) is 47.5 Å². The van der Waals surface area contributed by atoms with Gasteiger partial charge in [-0.2, -0.15) is 13.2 Å². The van der Waals surface area contributed by atoms with Crippen LogP contribution in [0.1, 0.15) is 23.2 Å². The molecule has 1 aromatic carbocycles. The van der Waals surface area contributed by atoms with E-state index in [0.717, 1.165) is 6.20 Å². The van der Waals surface area contributed by atoms with E-state index in [4.69, 9.17) is 11.6 Å². The van der Waals surface area contributed by atoms with Crippen molar-refractivity contribution in [2.75, 3.05) is 19.7 Å². The van der Waals surface area contributed by atoms with E-state index in [-0.39, 0.29) is 21.5 Å². The lowest BCUT2D eigenvalue weighted by molar-refractivity contribution is -0.154. The van der Waals surface area contributed by atoms with Crippen LogP contribution in [0.5, 0.6) is 5.88 Å². The molecular formula is C19H19ClF3N3O4S. The maximum Gasteiger partial charge on any atom is 0.422 e. The van der Waals surface area contributed by atoms with Crippen molar-refractivity contribution in [2.24, 2.45) is 0 Å². The number of likely N-dealkylation sites (tertiary alicyclic amines) is 1. The van der Waals surface area contributed by atoms with E-state index in [1.807, 2.05) is 0 Å². The average Bonchev–Trinajstić information content (AvgIpc) is 2.72. The Balaban J connectivity index is 1.57.